The predicted molar refractivity (Wildman–Crippen MR) is 83.9 cm³/mol. The van der Waals surface area contributed by atoms with E-state index in [0.717, 1.165) is 26.2 Å². The normalized spacial score (nSPS) is 22.7. The number of rotatable bonds is 5. The molecule has 3 heteroatoms. The SMILES string of the molecule is COCC(C(C)C)N1CCCNC(c2ccccc2)C1. The lowest BCUT2D eigenvalue weighted by Crippen LogP contribution is -2.44. The van der Waals surface area contributed by atoms with Gasteiger partial charge in [-0.3, -0.25) is 4.90 Å². The molecule has 112 valence electrons. The van der Waals surface area contributed by atoms with E-state index in [1.807, 2.05) is 0 Å². The van der Waals surface area contributed by atoms with Gasteiger partial charge in [-0.1, -0.05) is 44.2 Å². The molecule has 0 bridgehead atoms. The van der Waals surface area contributed by atoms with Crippen molar-refractivity contribution in [3.05, 3.63) is 35.9 Å². The summed E-state index contributed by atoms with van der Waals surface area (Å²) < 4.78 is 5.44. The van der Waals surface area contributed by atoms with Crippen molar-refractivity contribution in [2.24, 2.45) is 5.92 Å². The van der Waals surface area contributed by atoms with Crippen molar-refractivity contribution in [1.82, 2.24) is 10.2 Å². The summed E-state index contributed by atoms with van der Waals surface area (Å²) in [5.41, 5.74) is 1.39. The van der Waals surface area contributed by atoms with E-state index in [4.69, 9.17) is 4.74 Å². The van der Waals surface area contributed by atoms with Crippen LogP contribution < -0.4 is 5.32 Å². The molecule has 3 nitrogen and oxygen atoms in total. The molecule has 0 amide bonds. The van der Waals surface area contributed by atoms with Gasteiger partial charge in [0, 0.05) is 25.7 Å². The van der Waals surface area contributed by atoms with Crippen molar-refractivity contribution < 1.29 is 4.74 Å². The van der Waals surface area contributed by atoms with Crippen LogP contribution in [0.15, 0.2) is 30.3 Å². The van der Waals surface area contributed by atoms with Crippen LogP contribution in [-0.2, 0) is 4.74 Å². The Bertz CT molecular complexity index is 380. The van der Waals surface area contributed by atoms with Crippen molar-refractivity contribution in [1.29, 1.82) is 0 Å². The molecule has 0 aliphatic carbocycles. The second kappa shape index (κ2) is 7.77. The highest BCUT2D eigenvalue weighted by atomic mass is 16.5. The zero-order valence-corrected chi connectivity index (χ0v) is 13.0. The lowest BCUT2D eigenvalue weighted by molar-refractivity contribution is 0.0631. The monoisotopic (exact) mass is 276 g/mol. The van der Waals surface area contributed by atoms with Crippen LogP contribution in [-0.4, -0.2) is 44.3 Å². The third-order valence-electron chi connectivity index (χ3n) is 4.21. The Morgan fingerprint density at radius 2 is 2.05 bits per heavy atom. The Morgan fingerprint density at radius 3 is 2.70 bits per heavy atom. The maximum absolute atomic E-state index is 5.44. The lowest BCUT2D eigenvalue weighted by atomic mass is 10.0. The Balaban J connectivity index is 2.10. The third-order valence-corrected chi connectivity index (χ3v) is 4.21. The molecule has 0 radical (unpaired) electrons. The Hall–Kier alpha value is -0.900. The Kier molecular flexibility index (Phi) is 6.02. The molecule has 1 saturated heterocycles. The largest absolute Gasteiger partial charge is 0.383 e. The summed E-state index contributed by atoms with van der Waals surface area (Å²) in [4.78, 5) is 2.60. The first kappa shape index (κ1) is 15.5. The van der Waals surface area contributed by atoms with Crippen LogP contribution in [0.1, 0.15) is 31.9 Å². The topological polar surface area (TPSA) is 24.5 Å². The molecular formula is C17H28N2O. The lowest BCUT2D eigenvalue weighted by Gasteiger charge is -2.34. The summed E-state index contributed by atoms with van der Waals surface area (Å²) >= 11 is 0. The molecule has 1 aromatic rings. The van der Waals surface area contributed by atoms with Gasteiger partial charge >= 0.3 is 0 Å². The minimum atomic E-state index is 0.428. The van der Waals surface area contributed by atoms with Crippen LogP contribution in [0.5, 0.6) is 0 Å². The van der Waals surface area contributed by atoms with E-state index in [1.165, 1.54) is 12.0 Å². The van der Waals surface area contributed by atoms with Gasteiger partial charge in [-0.2, -0.15) is 0 Å². The van der Waals surface area contributed by atoms with Gasteiger partial charge in [-0.25, -0.2) is 0 Å². The molecule has 1 aromatic carbocycles. The van der Waals surface area contributed by atoms with E-state index < -0.39 is 0 Å². The molecule has 2 unspecified atom stereocenters. The van der Waals surface area contributed by atoms with E-state index >= 15 is 0 Å². The highest BCUT2D eigenvalue weighted by Gasteiger charge is 2.26. The minimum absolute atomic E-state index is 0.428. The zero-order valence-electron chi connectivity index (χ0n) is 13.0. The van der Waals surface area contributed by atoms with Crippen LogP contribution in [0.4, 0.5) is 0 Å². The highest BCUT2D eigenvalue weighted by molar-refractivity contribution is 5.19. The van der Waals surface area contributed by atoms with Crippen LogP contribution in [0.3, 0.4) is 0 Å². The van der Waals surface area contributed by atoms with E-state index in [-0.39, 0.29) is 0 Å². The van der Waals surface area contributed by atoms with Gasteiger partial charge in [0.25, 0.3) is 0 Å². The first-order chi connectivity index (χ1) is 9.72. The average Bonchev–Trinajstić information content (AvgIpc) is 2.71. The first-order valence-electron chi connectivity index (χ1n) is 7.73. The molecule has 1 aliphatic rings. The van der Waals surface area contributed by atoms with Crippen LogP contribution in [0.25, 0.3) is 0 Å². The number of ether oxygens (including phenoxy) is 1. The van der Waals surface area contributed by atoms with Crippen molar-refractivity contribution in [2.75, 3.05) is 33.4 Å². The number of nitrogens with zero attached hydrogens (tertiary/aromatic N) is 1. The molecule has 1 N–H and O–H groups in total. The summed E-state index contributed by atoms with van der Waals surface area (Å²) in [6.07, 6.45) is 1.20. The quantitative estimate of drug-likeness (QED) is 0.895. The van der Waals surface area contributed by atoms with E-state index in [9.17, 15) is 0 Å². The second-order valence-electron chi connectivity index (χ2n) is 6.03. The Morgan fingerprint density at radius 1 is 1.30 bits per heavy atom. The molecule has 2 rings (SSSR count). The maximum Gasteiger partial charge on any atom is 0.0620 e. The zero-order chi connectivity index (χ0) is 14.4. The summed E-state index contributed by atoms with van der Waals surface area (Å²) in [5.74, 6) is 0.615. The van der Waals surface area contributed by atoms with E-state index in [0.29, 0.717) is 18.0 Å². The molecule has 0 saturated carbocycles. The summed E-state index contributed by atoms with van der Waals surface area (Å²) in [7, 11) is 1.81. The standard InChI is InChI=1S/C17H28N2O/c1-14(2)17(13-20-3)19-11-7-10-18-16(12-19)15-8-5-4-6-9-15/h4-6,8-9,14,16-18H,7,10-13H2,1-3H3. The van der Waals surface area contributed by atoms with Gasteiger partial charge < -0.3 is 10.1 Å². The summed E-state index contributed by atoms with van der Waals surface area (Å²) in [5, 5.41) is 3.68. The van der Waals surface area contributed by atoms with E-state index in [2.05, 4.69) is 54.4 Å². The second-order valence-corrected chi connectivity index (χ2v) is 6.03. The molecule has 1 fully saturated rings. The fourth-order valence-corrected chi connectivity index (χ4v) is 3.05. The number of hydrogen-bond acceptors (Lipinski definition) is 3. The van der Waals surface area contributed by atoms with Gasteiger partial charge in [-0.05, 0) is 31.0 Å². The molecule has 20 heavy (non-hydrogen) atoms. The van der Waals surface area contributed by atoms with Crippen LogP contribution in [0.2, 0.25) is 0 Å². The number of benzene rings is 1. The number of methoxy groups -OCH3 is 1. The molecular weight excluding hydrogens is 248 g/mol. The van der Waals surface area contributed by atoms with Crippen molar-refractivity contribution in [3.63, 3.8) is 0 Å². The molecule has 1 aliphatic heterocycles. The number of hydrogen-bond donors (Lipinski definition) is 1. The number of nitrogens with one attached hydrogen (secondary N) is 1. The van der Waals surface area contributed by atoms with E-state index in [1.54, 1.807) is 7.11 Å². The molecule has 0 aromatic heterocycles. The maximum atomic E-state index is 5.44. The van der Waals surface area contributed by atoms with Gasteiger partial charge in [0.15, 0.2) is 0 Å². The predicted octanol–water partition coefficient (Wildman–Crippen LogP) is 2.69. The van der Waals surface area contributed by atoms with Gasteiger partial charge in [0.2, 0.25) is 0 Å². The molecule has 1 heterocycles. The van der Waals surface area contributed by atoms with Crippen molar-refractivity contribution >= 4 is 0 Å². The highest BCUT2D eigenvalue weighted by Crippen LogP contribution is 2.21. The summed E-state index contributed by atoms with van der Waals surface area (Å²) in [6, 6.07) is 11.7. The van der Waals surface area contributed by atoms with Gasteiger partial charge in [0.05, 0.1) is 6.61 Å². The average molecular weight is 276 g/mol. The van der Waals surface area contributed by atoms with Crippen LogP contribution in [0, 0.1) is 5.92 Å². The molecule has 2 atom stereocenters. The minimum Gasteiger partial charge on any atom is -0.383 e. The van der Waals surface area contributed by atoms with Crippen molar-refractivity contribution in [3.8, 4) is 0 Å². The fraction of sp³-hybridized carbons (Fsp3) is 0.647. The fourth-order valence-electron chi connectivity index (χ4n) is 3.05. The van der Waals surface area contributed by atoms with Crippen LogP contribution >= 0.6 is 0 Å². The Labute approximate surface area is 123 Å². The molecule has 0 spiro atoms. The first-order valence-corrected chi connectivity index (χ1v) is 7.73. The van der Waals surface area contributed by atoms with Gasteiger partial charge in [0.1, 0.15) is 0 Å². The third kappa shape index (κ3) is 4.05. The van der Waals surface area contributed by atoms with Crippen molar-refractivity contribution in [2.45, 2.75) is 32.4 Å². The summed E-state index contributed by atoms with van der Waals surface area (Å²) in [6.45, 7) is 8.71. The van der Waals surface area contributed by atoms with Gasteiger partial charge in [-0.15, -0.1) is 0 Å². The smallest absolute Gasteiger partial charge is 0.0620 e.